The molecule has 0 fully saturated rings. The molecule has 0 aliphatic rings. The quantitative estimate of drug-likeness (QED) is 0.376. The molecule has 5 heteroatoms. The van der Waals surface area contributed by atoms with Gasteiger partial charge in [0.05, 0.1) is 6.54 Å². The van der Waals surface area contributed by atoms with Crippen LogP contribution in [0.1, 0.15) is 0 Å². The second-order valence-corrected chi connectivity index (χ2v) is 0.598. The van der Waals surface area contributed by atoms with Gasteiger partial charge >= 0.3 is 35.5 Å². The van der Waals surface area contributed by atoms with Crippen molar-refractivity contribution in [3.8, 4) is 0 Å². The van der Waals surface area contributed by atoms with E-state index in [0.29, 0.717) is 0 Å². The van der Waals surface area contributed by atoms with Gasteiger partial charge in [-0.1, -0.05) is 0 Å². The second-order valence-electron chi connectivity index (χ2n) is 0.598. The van der Waals surface area contributed by atoms with Crippen molar-refractivity contribution < 1.29 is 9.90 Å². The van der Waals surface area contributed by atoms with Crippen molar-refractivity contribution >= 4 is 52.9 Å². The van der Waals surface area contributed by atoms with Gasteiger partial charge in [0, 0.05) is 0 Å². The Labute approximate surface area is 74.7 Å². The fourth-order valence-corrected chi connectivity index (χ4v) is 0. The van der Waals surface area contributed by atoms with E-state index in [4.69, 9.17) is 5.11 Å². The molecule has 0 spiro atoms. The minimum absolute atomic E-state index is 0. The number of aliphatic carboxylic acids is 1. The summed E-state index contributed by atoms with van der Waals surface area (Å²) in [6.45, 7) is -0.278. The van der Waals surface area contributed by atoms with Gasteiger partial charge in [-0.25, -0.2) is 0 Å². The number of carboxylic acids is 1. The van der Waals surface area contributed by atoms with Crippen LogP contribution in [-0.4, -0.2) is 64.5 Å². The molecular formula is C2H9AlNNaO2. The standard InChI is InChI=1S/C2H5NO2.Al.Na.4H/c3-1-2(4)5;;;;;;/h1,3H2,(H,4,5);;;;;;. The Balaban J connectivity index is -0.0000000800. The summed E-state index contributed by atoms with van der Waals surface area (Å²) in [4.78, 5) is 9.24. The van der Waals surface area contributed by atoms with E-state index in [1.165, 1.54) is 0 Å². The number of carbonyl (C=O) groups is 1. The van der Waals surface area contributed by atoms with Crippen LogP contribution in [0.4, 0.5) is 0 Å². The van der Waals surface area contributed by atoms with Gasteiger partial charge in [0.25, 0.3) is 0 Å². The zero-order valence-electron chi connectivity index (χ0n) is 2.64. The van der Waals surface area contributed by atoms with E-state index in [2.05, 4.69) is 5.73 Å². The molecule has 0 heterocycles. The zero-order chi connectivity index (χ0) is 4.28. The van der Waals surface area contributed by atoms with Crippen LogP contribution in [0.15, 0.2) is 0 Å². The molecule has 0 saturated heterocycles. The summed E-state index contributed by atoms with van der Waals surface area (Å²) in [7, 11) is 0. The maximum atomic E-state index is 9.24. The zero-order valence-corrected chi connectivity index (χ0v) is 2.64. The summed E-state index contributed by atoms with van der Waals surface area (Å²) in [5.41, 5.74) is 4.57. The van der Waals surface area contributed by atoms with Crippen LogP contribution in [0.25, 0.3) is 0 Å². The Kier molecular flexibility index (Phi) is 22.5. The molecule has 0 aromatic heterocycles. The predicted molar refractivity (Wildman–Crippen MR) is 33.8 cm³/mol. The molecule has 0 amide bonds. The van der Waals surface area contributed by atoms with Gasteiger partial charge in [-0.15, -0.1) is 0 Å². The van der Waals surface area contributed by atoms with Gasteiger partial charge in [-0.3, -0.25) is 4.79 Å². The van der Waals surface area contributed by atoms with Crippen molar-refractivity contribution in [3.05, 3.63) is 0 Å². The van der Waals surface area contributed by atoms with Crippen LogP contribution in [-0.2, 0) is 4.79 Å². The van der Waals surface area contributed by atoms with Gasteiger partial charge in [-0.05, 0) is 0 Å². The molecule has 3 nitrogen and oxygen atoms in total. The van der Waals surface area contributed by atoms with Gasteiger partial charge in [0.2, 0.25) is 0 Å². The van der Waals surface area contributed by atoms with Crippen molar-refractivity contribution in [1.82, 2.24) is 0 Å². The van der Waals surface area contributed by atoms with Crippen LogP contribution in [0, 0.1) is 0 Å². The molecule has 38 valence electrons. The van der Waals surface area contributed by atoms with Crippen molar-refractivity contribution in [1.29, 1.82) is 0 Å². The fourth-order valence-electron chi connectivity index (χ4n) is 0. The third kappa shape index (κ3) is 19.5. The van der Waals surface area contributed by atoms with Crippen molar-refractivity contribution in [3.63, 3.8) is 0 Å². The van der Waals surface area contributed by atoms with Gasteiger partial charge in [0.1, 0.15) is 0 Å². The normalized spacial score (nSPS) is 5.29. The van der Waals surface area contributed by atoms with Crippen LogP contribution < -0.4 is 5.73 Å². The first-order chi connectivity index (χ1) is 2.27. The molecule has 0 bridgehead atoms. The summed E-state index contributed by atoms with van der Waals surface area (Å²) < 4.78 is 0. The molecule has 0 rings (SSSR count). The number of carboxylic acid groups (broad SMARTS) is 1. The summed E-state index contributed by atoms with van der Waals surface area (Å²) in [6.07, 6.45) is 0. The number of nitrogens with two attached hydrogens (primary N) is 1. The van der Waals surface area contributed by atoms with Crippen LogP contribution in [0.2, 0.25) is 0 Å². The van der Waals surface area contributed by atoms with Crippen molar-refractivity contribution in [2.75, 3.05) is 6.54 Å². The first-order valence-electron chi connectivity index (χ1n) is 1.19. The first-order valence-corrected chi connectivity index (χ1v) is 1.19. The maximum absolute atomic E-state index is 9.24. The minimum atomic E-state index is -0.968. The van der Waals surface area contributed by atoms with Gasteiger partial charge < -0.3 is 10.8 Å². The van der Waals surface area contributed by atoms with Gasteiger partial charge in [-0.2, -0.15) is 0 Å². The Morgan fingerprint density at radius 2 is 1.86 bits per heavy atom. The number of hydrogen-bond acceptors (Lipinski definition) is 2. The van der Waals surface area contributed by atoms with E-state index in [-0.39, 0.29) is 53.5 Å². The van der Waals surface area contributed by atoms with E-state index in [0.717, 1.165) is 0 Å². The van der Waals surface area contributed by atoms with E-state index < -0.39 is 5.97 Å². The van der Waals surface area contributed by atoms with Gasteiger partial charge in [0.15, 0.2) is 17.4 Å². The third-order valence-corrected chi connectivity index (χ3v) is 0.175. The molecule has 3 N–H and O–H groups in total. The first kappa shape index (κ1) is 15.7. The summed E-state index contributed by atoms with van der Waals surface area (Å²) in [5.74, 6) is -0.968. The molecule has 0 aromatic rings. The predicted octanol–water partition coefficient (Wildman–Crippen LogP) is -2.80. The Morgan fingerprint density at radius 3 is 1.86 bits per heavy atom. The molecular weight excluding hydrogens is 120 g/mol. The van der Waals surface area contributed by atoms with E-state index in [9.17, 15) is 4.79 Å². The molecule has 0 radical (unpaired) electrons. The summed E-state index contributed by atoms with van der Waals surface area (Å²) >= 11 is 0. The topological polar surface area (TPSA) is 63.3 Å². The SMILES string of the molecule is NCC(=O)O.[AlH3].[NaH]. The molecule has 7 heavy (non-hydrogen) atoms. The van der Waals surface area contributed by atoms with Crippen LogP contribution in [0.3, 0.4) is 0 Å². The molecule has 0 aromatic carbocycles. The summed E-state index contributed by atoms with van der Waals surface area (Å²) in [5, 5.41) is 7.60. The van der Waals surface area contributed by atoms with Crippen molar-refractivity contribution in [2.45, 2.75) is 0 Å². The Bertz CT molecular complexity index is 51.0. The van der Waals surface area contributed by atoms with Crippen LogP contribution >= 0.6 is 0 Å². The third-order valence-electron chi connectivity index (χ3n) is 0.175. The second kappa shape index (κ2) is 10.1. The van der Waals surface area contributed by atoms with Crippen molar-refractivity contribution in [2.24, 2.45) is 5.73 Å². The van der Waals surface area contributed by atoms with E-state index in [1.807, 2.05) is 0 Å². The average Bonchev–Trinajstić information content (AvgIpc) is 1.38. The molecule has 0 aliphatic carbocycles. The average molecular weight is 129 g/mol. The molecule has 0 unspecified atom stereocenters. The Hall–Kier alpha value is 0.962. The fraction of sp³-hybridized carbons (Fsp3) is 0.500. The monoisotopic (exact) mass is 129 g/mol. The van der Waals surface area contributed by atoms with E-state index >= 15 is 0 Å². The molecule has 0 aliphatic heterocycles. The number of rotatable bonds is 1. The molecule has 0 saturated carbocycles. The summed E-state index contributed by atoms with van der Waals surface area (Å²) in [6, 6.07) is 0. The van der Waals surface area contributed by atoms with Crippen LogP contribution in [0.5, 0.6) is 0 Å². The molecule has 0 atom stereocenters. The van der Waals surface area contributed by atoms with E-state index in [1.54, 1.807) is 0 Å². The number of hydrogen-bond donors (Lipinski definition) is 2. The Morgan fingerprint density at radius 1 is 1.71 bits per heavy atom.